The molecule has 2 nitrogen and oxygen atoms in total. The lowest BCUT2D eigenvalue weighted by atomic mass is 9.63. The lowest BCUT2D eigenvalue weighted by molar-refractivity contribution is -0.0146. The van der Waals surface area contributed by atoms with Gasteiger partial charge in [0.2, 0.25) is 0 Å². The molecule has 94 valence electrons. The van der Waals surface area contributed by atoms with E-state index in [0.717, 1.165) is 12.5 Å². The highest BCUT2D eigenvalue weighted by Crippen LogP contribution is 2.49. The smallest absolute Gasteiger partial charge is 0.0156 e. The van der Waals surface area contributed by atoms with E-state index in [0.29, 0.717) is 11.0 Å². The molecule has 2 fully saturated rings. The molecule has 0 aromatic rings. The van der Waals surface area contributed by atoms with Gasteiger partial charge in [0.1, 0.15) is 0 Å². The Kier molecular flexibility index (Phi) is 3.33. The molecule has 1 saturated heterocycles. The fourth-order valence-electron chi connectivity index (χ4n) is 4.01. The lowest BCUT2D eigenvalue weighted by Crippen LogP contribution is -2.55. The van der Waals surface area contributed by atoms with Crippen LogP contribution in [0, 0.1) is 11.3 Å². The van der Waals surface area contributed by atoms with Gasteiger partial charge in [-0.1, -0.05) is 12.8 Å². The molecule has 0 aromatic carbocycles. The fraction of sp³-hybridized carbons (Fsp3) is 1.00. The second-order valence-corrected chi connectivity index (χ2v) is 6.71. The summed E-state index contributed by atoms with van der Waals surface area (Å²) in [6.45, 7) is 6.88. The molecule has 1 aliphatic carbocycles. The third-order valence-electron chi connectivity index (χ3n) is 5.39. The number of hydrogen-bond donors (Lipinski definition) is 1. The largest absolute Gasteiger partial charge is 0.330 e. The normalized spacial score (nSPS) is 36.8. The molecule has 0 amide bonds. The van der Waals surface area contributed by atoms with Crippen LogP contribution in [-0.2, 0) is 0 Å². The molecule has 2 N–H and O–H groups in total. The third kappa shape index (κ3) is 2.02. The minimum Gasteiger partial charge on any atom is -0.330 e. The molecule has 1 saturated carbocycles. The maximum atomic E-state index is 6.17. The Labute approximate surface area is 101 Å². The molecule has 2 heteroatoms. The summed E-state index contributed by atoms with van der Waals surface area (Å²) in [5.74, 6) is 0.908. The first-order valence-corrected chi connectivity index (χ1v) is 6.91. The van der Waals surface area contributed by atoms with Crippen molar-refractivity contribution >= 4 is 0 Å². The number of nitrogens with zero attached hydrogens (tertiary/aromatic N) is 1. The van der Waals surface area contributed by atoms with Crippen LogP contribution in [0.25, 0.3) is 0 Å². The molecule has 1 unspecified atom stereocenters. The zero-order chi connectivity index (χ0) is 11.8. The van der Waals surface area contributed by atoms with Gasteiger partial charge in [0.15, 0.2) is 0 Å². The third-order valence-corrected chi connectivity index (χ3v) is 5.39. The van der Waals surface area contributed by atoms with E-state index in [-0.39, 0.29) is 0 Å². The summed E-state index contributed by atoms with van der Waals surface area (Å²) >= 11 is 0. The summed E-state index contributed by atoms with van der Waals surface area (Å²) in [5, 5.41) is 0. The minimum absolute atomic E-state index is 0.334. The second kappa shape index (κ2) is 4.30. The molecular weight excluding hydrogens is 196 g/mol. The number of piperidine rings is 1. The van der Waals surface area contributed by atoms with Crippen molar-refractivity contribution in [2.75, 3.05) is 20.1 Å². The summed E-state index contributed by atoms with van der Waals surface area (Å²) in [7, 11) is 2.26. The van der Waals surface area contributed by atoms with Gasteiger partial charge < -0.3 is 10.6 Å². The van der Waals surface area contributed by atoms with E-state index >= 15 is 0 Å². The van der Waals surface area contributed by atoms with Crippen molar-refractivity contribution in [1.82, 2.24) is 4.90 Å². The minimum atomic E-state index is 0.334. The maximum Gasteiger partial charge on any atom is 0.0156 e. The molecule has 0 bridgehead atoms. The van der Waals surface area contributed by atoms with Crippen LogP contribution in [-0.4, -0.2) is 30.6 Å². The van der Waals surface area contributed by atoms with Gasteiger partial charge in [-0.25, -0.2) is 0 Å². The van der Waals surface area contributed by atoms with E-state index in [9.17, 15) is 0 Å². The van der Waals surface area contributed by atoms with E-state index in [2.05, 4.69) is 25.8 Å². The van der Waals surface area contributed by atoms with Gasteiger partial charge in [0.25, 0.3) is 0 Å². The Morgan fingerprint density at radius 2 is 1.88 bits per heavy atom. The van der Waals surface area contributed by atoms with Crippen molar-refractivity contribution in [2.45, 2.75) is 57.9 Å². The van der Waals surface area contributed by atoms with Gasteiger partial charge in [-0.3, -0.25) is 0 Å². The topological polar surface area (TPSA) is 29.3 Å². The summed E-state index contributed by atoms with van der Waals surface area (Å²) < 4.78 is 0. The molecule has 2 rings (SSSR count). The summed E-state index contributed by atoms with van der Waals surface area (Å²) in [4.78, 5) is 2.51. The molecule has 1 atom stereocenters. The Morgan fingerprint density at radius 1 is 1.25 bits per heavy atom. The average molecular weight is 224 g/mol. The quantitative estimate of drug-likeness (QED) is 0.781. The van der Waals surface area contributed by atoms with Crippen molar-refractivity contribution in [3.05, 3.63) is 0 Å². The Hall–Kier alpha value is -0.0800. The Morgan fingerprint density at radius 3 is 2.38 bits per heavy atom. The van der Waals surface area contributed by atoms with Crippen molar-refractivity contribution in [3.63, 3.8) is 0 Å². The zero-order valence-corrected chi connectivity index (χ0v) is 11.3. The summed E-state index contributed by atoms with van der Waals surface area (Å²) in [6.07, 6.45) is 8.32. The van der Waals surface area contributed by atoms with Gasteiger partial charge in [-0.05, 0) is 71.0 Å². The molecular formula is C14H28N2. The van der Waals surface area contributed by atoms with E-state index in [1.165, 1.54) is 45.1 Å². The van der Waals surface area contributed by atoms with Crippen molar-refractivity contribution in [3.8, 4) is 0 Å². The molecule has 2 aliphatic rings. The van der Waals surface area contributed by atoms with Crippen LogP contribution in [0.4, 0.5) is 0 Å². The van der Waals surface area contributed by atoms with E-state index in [1.54, 1.807) is 0 Å². The molecule has 16 heavy (non-hydrogen) atoms. The predicted octanol–water partition coefficient (Wildman–Crippen LogP) is 2.63. The monoisotopic (exact) mass is 224 g/mol. The van der Waals surface area contributed by atoms with E-state index < -0.39 is 0 Å². The summed E-state index contributed by atoms with van der Waals surface area (Å²) in [6, 6.07) is 0. The van der Waals surface area contributed by atoms with Crippen LogP contribution >= 0.6 is 0 Å². The van der Waals surface area contributed by atoms with Crippen LogP contribution < -0.4 is 5.73 Å². The first-order chi connectivity index (χ1) is 7.50. The number of likely N-dealkylation sites (tertiary alicyclic amines) is 1. The molecule has 0 spiro atoms. The van der Waals surface area contributed by atoms with Crippen LogP contribution in [0.1, 0.15) is 52.4 Å². The SMILES string of the molecule is CN1CCC(CN)(C2CCCC2)CC1(C)C. The van der Waals surface area contributed by atoms with Crippen LogP contribution in [0.3, 0.4) is 0 Å². The summed E-state index contributed by atoms with van der Waals surface area (Å²) in [5.41, 5.74) is 6.95. The molecule has 0 radical (unpaired) electrons. The highest BCUT2D eigenvalue weighted by atomic mass is 15.2. The fourth-order valence-corrected chi connectivity index (χ4v) is 4.01. The predicted molar refractivity (Wildman–Crippen MR) is 69.4 cm³/mol. The highest BCUT2D eigenvalue weighted by Gasteiger charge is 2.46. The molecule has 1 aliphatic heterocycles. The van der Waals surface area contributed by atoms with Gasteiger partial charge >= 0.3 is 0 Å². The van der Waals surface area contributed by atoms with Crippen molar-refractivity contribution in [2.24, 2.45) is 17.1 Å². The second-order valence-electron chi connectivity index (χ2n) is 6.71. The average Bonchev–Trinajstić information content (AvgIpc) is 2.76. The zero-order valence-electron chi connectivity index (χ0n) is 11.3. The first-order valence-electron chi connectivity index (χ1n) is 6.91. The van der Waals surface area contributed by atoms with E-state index in [1.807, 2.05) is 0 Å². The van der Waals surface area contributed by atoms with Crippen molar-refractivity contribution < 1.29 is 0 Å². The molecule has 0 aromatic heterocycles. The highest BCUT2D eigenvalue weighted by molar-refractivity contribution is 5.00. The van der Waals surface area contributed by atoms with Gasteiger partial charge in [0, 0.05) is 5.54 Å². The number of hydrogen-bond acceptors (Lipinski definition) is 2. The van der Waals surface area contributed by atoms with Gasteiger partial charge in [0.05, 0.1) is 0 Å². The number of nitrogens with two attached hydrogens (primary N) is 1. The van der Waals surface area contributed by atoms with Gasteiger partial charge in [-0.15, -0.1) is 0 Å². The molecule has 1 heterocycles. The van der Waals surface area contributed by atoms with Gasteiger partial charge in [-0.2, -0.15) is 0 Å². The van der Waals surface area contributed by atoms with Crippen LogP contribution in [0.15, 0.2) is 0 Å². The van der Waals surface area contributed by atoms with Crippen molar-refractivity contribution in [1.29, 1.82) is 0 Å². The first kappa shape index (κ1) is 12.4. The van der Waals surface area contributed by atoms with E-state index in [4.69, 9.17) is 5.73 Å². The Balaban J connectivity index is 2.15. The standard InChI is InChI=1S/C14H28N2/c1-13(2)10-14(11-15,8-9-16(13)3)12-6-4-5-7-12/h12H,4-11,15H2,1-3H3. The van der Waals surface area contributed by atoms with Crippen LogP contribution in [0.5, 0.6) is 0 Å². The lowest BCUT2D eigenvalue weighted by Gasteiger charge is -2.52. The Bertz CT molecular complexity index is 243. The number of rotatable bonds is 2. The van der Waals surface area contributed by atoms with Crippen LogP contribution in [0.2, 0.25) is 0 Å². The maximum absolute atomic E-state index is 6.17.